The molecule has 11 heteroatoms. The van der Waals surface area contributed by atoms with Gasteiger partial charge in [0.05, 0.1) is 12.6 Å². The van der Waals surface area contributed by atoms with Crippen molar-refractivity contribution in [2.75, 3.05) is 13.2 Å². The van der Waals surface area contributed by atoms with E-state index in [4.69, 9.17) is 26.8 Å². The van der Waals surface area contributed by atoms with Crippen LogP contribution in [0.3, 0.4) is 0 Å². The van der Waals surface area contributed by atoms with Gasteiger partial charge in [0, 0.05) is 6.42 Å². The van der Waals surface area contributed by atoms with Crippen LogP contribution in [0.1, 0.15) is 12.8 Å². The van der Waals surface area contributed by atoms with Crippen molar-refractivity contribution in [3.8, 4) is 0 Å². The predicted molar refractivity (Wildman–Crippen MR) is 70.5 cm³/mol. The predicted octanol–water partition coefficient (Wildman–Crippen LogP) is -2.49. The van der Waals surface area contributed by atoms with Gasteiger partial charge in [-0.3, -0.25) is 9.59 Å². The minimum atomic E-state index is -2.79. The first-order valence-electron chi connectivity index (χ1n) is 6.03. The lowest BCUT2D eigenvalue weighted by Gasteiger charge is -2.14. The zero-order chi connectivity index (χ0) is 16.6. The van der Waals surface area contributed by atoms with Crippen LogP contribution in [-0.4, -0.2) is 69.4 Å². The van der Waals surface area contributed by atoms with Crippen molar-refractivity contribution in [1.82, 2.24) is 0 Å². The fourth-order valence-electron chi connectivity index (χ4n) is 1.33. The van der Waals surface area contributed by atoms with E-state index >= 15 is 0 Å². The molecule has 0 saturated heterocycles. The third-order valence-electron chi connectivity index (χ3n) is 2.48. The van der Waals surface area contributed by atoms with Crippen molar-refractivity contribution in [2.24, 2.45) is 11.5 Å². The maximum Gasteiger partial charge on any atom is 0.523 e. The van der Waals surface area contributed by atoms with Crippen molar-refractivity contribution in [3.05, 3.63) is 0 Å². The first-order valence-corrected chi connectivity index (χ1v) is 7.28. The molecule has 0 aliphatic heterocycles. The van der Waals surface area contributed by atoms with Gasteiger partial charge in [-0.1, -0.05) is 0 Å². The third-order valence-corrected chi connectivity index (χ3v) is 3.90. The van der Waals surface area contributed by atoms with E-state index in [1.165, 1.54) is 0 Å². The summed E-state index contributed by atoms with van der Waals surface area (Å²) in [6.45, 7) is -1.16. The van der Waals surface area contributed by atoms with Crippen molar-refractivity contribution in [1.29, 1.82) is 0 Å². The van der Waals surface area contributed by atoms with E-state index in [1.807, 2.05) is 0 Å². The van der Waals surface area contributed by atoms with Crippen LogP contribution >= 0.6 is 8.03 Å². The molecule has 0 aliphatic carbocycles. The lowest BCUT2D eigenvalue weighted by atomic mass is 10.0. The van der Waals surface area contributed by atoms with Crippen LogP contribution in [0.15, 0.2) is 0 Å². The number of carboxylic acids is 1. The summed E-state index contributed by atoms with van der Waals surface area (Å²) < 4.78 is 16.5. The van der Waals surface area contributed by atoms with Crippen LogP contribution in [0.25, 0.3) is 0 Å². The van der Waals surface area contributed by atoms with Crippen molar-refractivity contribution < 1.29 is 39.1 Å². The molecule has 0 radical (unpaired) electrons. The summed E-state index contributed by atoms with van der Waals surface area (Å²) >= 11 is 0. The van der Waals surface area contributed by atoms with E-state index < -0.39 is 57.0 Å². The molecule has 0 rings (SSSR count). The summed E-state index contributed by atoms with van der Waals surface area (Å²) in [5.74, 6) is -2.05. The van der Waals surface area contributed by atoms with E-state index in [0.29, 0.717) is 0 Å². The van der Waals surface area contributed by atoms with Gasteiger partial charge in [0.1, 0.15) is 12.7 Å². The summed E-state index contributed by atoms with van der Waals surface area (Å²) in [4.78, 5) is 22.3. The lowest BCUT2D eigenvalue weighted by molar-refractivity contribution is -0.137. The number of hydrogen-bond donors (Lipinski definition) is 6. The number of carbonyl (C=O) groups is 2. The average molecular weight is 327 g/mol. The smallest absolute Gasteiger partial charge is 0.481 e. The summed E-state index contributed by atoms with van der Waals surface area (Å²) in [5.41, 5.74) is 8.99. The zero-order valence-corrected chi connectivity index (χ0v) is 12.1. The molecular weight excluding hydrogens is 307 g/mol. The summed E-state index contributed by atoms with van der Waals surface area (Å²) in [7, 11) is -2.79. The average Bonchev–Trinajstić information content (AvgIpc) is 2.41. The van der Waals surface area contributed by atoms with E-state index in [1.54, 1.807) is 0 Å². The van der Waals surface area contributed by atoms with Gasteiger partial charge in [0.25, 0.3) is 5.66 Å². The van der Waals surface area contributed by atoms with Crippen molar-refractivity contribution >= 4 is 19.8 Å². The Morgan fingerprint density at radius 3 is 2.24 bits per heavy atom. The molecule has 5 atom stereocenters. The largest absolute Gasteiger partial charge is 0.523 e. The first-order chi connectivity index (χ1) is 9.70. The minimum absolute atomic E-state index is 0.209. The molecule has 0 aromatic heterocycles. The Hall–Kier alpha value is -1.00. The molecular formula is C10H20N2O8P+. The number of ketones is 1. The molecule has 0 bridgehead atoms. The second-order valence-electron chi connectivity index (χ2n) is 4.29. The summed E-state index contributed by atoms with van der Waals surface area (Å²) in [5, 5.41) is 35.4. The molecule has 122 valence electrons. The number of aliphatic carboxylic acids is 1. The molecule has 0 spiro atoms. The fourth-order valence-corrected chi connectivity index (χ4v) is 2.46. The van der Waals surface area contributed by atoms with Gasteiger partial charge >= 0.3 is 14.0 Å². The van der Waals surface area contributed by atoms with Crippen LogP contribution < -0.4 is 11.5 Å². The number of Topliss-reactive ketones (excluding diaryl/α,β-unsaturated/α-hetero) is 1. The highest BCUT2D eigenvalue weighted by Crippen LogP contribution is 2.32. The molecule has 8 N–H and O–H groups in total. The third kappa shape index (κ3) is 7.53. The Morgan fingerprint density at radius 1 is 1.24 bits per heavy atom. The van der Waals surface area contributed by atoms with Crippen LogP contribution in [0, 0.1) is 0 Å². The Morgan fingerprint density at radius 2 is 1.81 bits per heavy atom. The van der Waals surface area contributed by atoms with E-state index in [0.717, 1.165) is 0 Å². The Bertz CT molecular complexity index is 378. The molecule has 0 aromatic carbocycles. The molecule has 4 unspecified atom stereocenters. The van der Waals surface area contributed by atoms with Crippen LogP contribution in [0.4, 0.5) is 0 Å². The molecule has 21 heavy (non-hydrogen) atoms. The van der Waals surface area contributed by atoms with Crippen molar-refractivity contribution in [2.45, 2.75) is 36.9 Å². The Kier molecular flexibility index (Phi) is 9.38. The molecule has 0 aliphatic rings. The number of carboxylic acid groups (broad SMARTS) is 1. The molecule has 0 fully saturated rings. The fraction of sp³-hybridized carbons (Fsp3) is 0.800. The van der Waals surface area contributed by atoms with E-state index in [2.05, 4.69) is 4.52 Å². The van der Waals surface area contributed by atoms with E-state index in [9.17, 15) is 19.3 Å². The SMILES string of the molecule is NC(O)C(C(=O)[C@@H](N)CCC(=O)O)[P+](=O)OCC(O)CO. The number of rotatable bonds is 11. The van der Waals surface area contributed by atoms with Crippen LogP contribution in [0.5, 0.6) is 0 Å². The molecule has 0 amide bonds. The van der Waals surface area contributed by atoms with Gasteiger partial charge in [0.15, 0.2) is 6.23 Å². The first kappa shape index (κ1) is 20.0. The monoisotopic (exact) mass is 327 g/mol. The van der Waals surface area contributed by atoms with Gasteiger partial charge in [-0.2, -0.15) is 0 Å². The summed E-state index contributed by atoms with van der Waals surface area (Å²) in [6, 6.07) is -1.27. The van der Waals surface area contributed by atoms with Crippen molar-refractivity contribution in [3.63, 3.8) is 0 Å². The molecule has 0 aromatic rings. The Balaban J connectivity index is 4.68. The second-order valence-corrected chi connectivity index (χ2v) is 5.68. The highest BCUT2D eigenvalue weighted by molar-refractivity contribution is 7.41. The molecule has 0 saturated carbocycles. The number of carbonyl (C=O) groups excluding carboxylic acids is 1. The van der Waals surface area contributed by atoms with Gasteiger partial charge in [-0.05, 0) is 11.0 Å². The normalized spacial score (nSPS) is 17.7. The van der Waals surface area contributed by atoms with E-state index in [-0.39, 0.29) is 12.8 Å². The number of aliphatic hydroxyl groups excluding tert-OH is 3. The van der Waals surface area contributed by atoms with Gasteiger partial charge < -0.3 is 31.9 Å². The van der Waals surface area contributed by atoms with Crippen LogP contribution in [0.2, 0.25) is 0 Å². The topological polar surface area (TPSA) is 193 Å². The maximum absolute atomic E-state index is 11.9. The highest BCUT2D eigenvalue weighted by Gasteiger charge is 2.46. The number of hydrogen-bond acceptors (Lipinski definition) is 9. The quantitative estimate of drug-likeness (QED) is 0.174. The second kappa shape index (κ2) is 9.85. The highest BCUT2D eigenvalue weighted by atomic mass is 31.1. The zero-order valence-electron chi connectivity index (χ0n) is 11.2. The standard InChI is InChI=1S/C10H19N2O8P/c11-6(1-2-7(15)16)8(17)9(10(12)18)21(19)20-4-5(14)3-13/h5-6,9-10,13-14,18H,1-4,11-12H2/p+1/t5?,6-,9?,10?/m0/s1. The lowest BCUT2D eigenvalue weighted by Crippen LogP contribution is -2.46. The summed E-state index contributed by atoms with van der Waals surface area (Å²) in [6.07, 6.45) is -3.69. The van der Waals surface area contributed by atoms with Gasteiger partial charge in [-0.25, -0.2) is 0 Å². The number of nitrogens with two attached hydrogens (primary N) is 2. The maximum atomic E-state index is 11.9. The van der Waals surface area contributed by atoms with Gasteiger partial charge in [0.2, 0.25) is 5.78 Å². The van der Waals surface area contributed by atoms with Crippen LogP contribution in [-0.2, 0) is 18.7 Å². The number of aliphatic hydroxyl groups is 3. The molecule has 0 heterocycles. The minimum Gasteiger partial charge on any atom is -0.481 e. The Labute approximate surface area is 121 Å². The van der Waals surface area contributed by atoms with Gasteiger partial charge in [-0.15, -0.1) is 4.52 Å². The molecule has 10 nitrogen and oxygen atoms in total.